The lowest BCUT2D eigenvalue weighted by atomic mass is 10.2. The van der Waals surface area contributed by atoms with Gasteiger partial charge in [-0.15, -0.1) is 0 Å². The van der Waals surface area contributed by atoms with E-state index in [4.69, 9.17) is 0 Å². The molecule has 1 aromatic carbocycles. The SMILES string of the molecule is O=C([O-])CN1C(=O)C(=O)N(Cc2ccccc2F)C1=O. The Morgan fingerprint density at radius 1 is 1.10 bits per heavy atom. The average molecular weight is 279 g/mol. The molecule has 1 aromatic rings. The molecule has 0 aliphatic carbocycles. The number of amides is 4. The van der Waals surface area contributed by atoms with Crippen molar-refractivity contribution in [3.63, 3.8) is 0 Å². The molecular formula is C12H8FN2O5-. The Morgan fingerprint density at radius 3 is 2.30 bits per heavy atom. The quantitative estimate of drug-likeness (QED) is 0.513. The number of carbonyl (C=O) groups is 4. The number of carbonyl (C=O) groups excluding carboxylic acids is 4. The molecule has 104 valence electrons. The van der Waals surface area contributed by atoms with Crippen molar-refractivity contribution in [1.82, 2.24) is 9.80 Å². The molecule has 20 heavy (non-hydrogen) atoms. The summed E-state index contributed by atoms with van der Waals surface area (Å²) in [5.74, 6) is -4.78. The predicted octanol–water partition coefficient (Wildman–Crippen LogP) is -1.13. The minimum absolute atomic E-state index is 0.0392. The summed E-state index contributed by atoms with van der Waals surface area (Å²) in [5, 5.41) is 10.4. The van der Waals surface area contributed by atoms with Crippen LogP contribution < -0.4 is 5.11 Å². The fourth-order valence-electron chi connectivity index (χ4n) is 1.76. The number of nitrogens with zero attached hydrogens (tertiary/aromatic N) is 2. The molecule has 0 spiro atoms. The number of rotatable bonds is 4. The van der Waals surface area contributed by atoms with Crippen LogP contribution in [0.3, 0.4) is 0 Å². The monoisotopic (exact) mass is 279 g/mol. The van der Waals surface area contributed by atoms with Crippen LogP contribution in [-0.2, 0) is 20.9 Å². The lowest BCUT2D eigenvalue weighted by Gasteiger charge is -2.16. The van der Waals surface area contributed by atoms with Crippen molar-refractivity contribution in [3.8, 4) is 0 Å². The van der Waals surface area contributed by atoms with E-state index in [2.05, 4.69) is 0 Å². The first kappa shape index (κ1) is 13.7. The second-order valence-corrected chi connectivity index (χ2v) is 4.03. The zero-order valence-corrected chi connectivity index (χ0v) is 10.0. The van der Waals surface area contributed by atoms with E-state index >= 15 is 0 Å². The van der Waals surface area contributed by atoms with Crippen LogP contribution in [0, 0.1) is 5.82 Å². The van der Waals surface area contributed by atoms with E-state index < -0.39 is 42.7 Å². The molecular weight excluding hydrogens is 271 g/mol. The Balaban J connectivity index is 2.23. The molecule has 1 aliphatic heterocycles. The molecule has 0 unspecified atom stereocenters. The van der Waals surface area contributed by atoms with Crippen LogP contribution in [0.5, 0.6) is 0 Å². The molecule has 0 aromatic heterocycles. The van der Waals surface area contributed by atoms with Gasteiger partial charge in [0, 0.05) is 5.56 Å². The number of imide groups is 2. The van der Waals surface area contributed by atoms with Crippen LogP contribution in [0.1, 0.15) is 5.56 Å². The van der Waals surface area contributed by atoms with Crippen molar-refractivity contribution in [2.24, 2.45) is 0 Å². The largest absolute Gasteiger partial charge is 0.548 e. The van der Waals surface area contributed by atoms with E-state index in [1.165, 1.54) is 18.2 Å². The highest BCUT2D eigenvalue weighted by Gasteiger charge is 2.44. The van der Waals surface area contributed by atoms with Crippen LogP contribution in [0.2, 0.25) is 0 Å². The molecule has 1 fully saturated rings. The molecule has 0 atom stereocenters. The fourth-order valence-corrected chi connectivity index (χ4v) is 1.76. The summed E-state index contributed by atoms with van der Waals surface area (Å²) in [6, 6.07) is 4.32. The highest BCUT2D eigenvalue weighted by Crippen LogP contribution is 2.17. The number of hydrogen-bond acceptors (Lipinski definition) is 5. The van der Waals surface area contributed by atoms with Crippen LogP contribution in [0.25, 0.3) is 0 Å². The number of urea groups is 1. The van der Waals surface area contributed by atoms with Gasteiger partial charge in [-0.1, -0.05) is 18.2 Å². The maximum absolute atomic E-state index is 13.4. The molecule has 1 aliphatic rings. The summed E-state index contributed by atoms with van der Waals surface area (Å²) in [5.41, 5.74) is 0.0392. The van der Waals surface area contributed by atoms with E-state index in [1.54, 1.807) is 0 Å². The molecule has 0 radical (unpaired) electrons. The van der Waals surface area contributed by atoms with Crippen molar-refractivity contribution < 1.29 is 28.7 Å². The molecule has 1 heterocycles. The molecule has 4 amide bonds. The van der Waals surface area contributed by atoms with Gasteiger partial charge in [-0.2, -0.15) is 0 Å². The lowest BCUT2D eigenvalue weighted by molar-refractivity contribution is -0.305. The third kappa shape index (κ3) is 2.35. The number of benzene rings is 1. The first-order valence-corrected chi connectivity index (χ1v) is 5.52. The standard InChI is InChI=1S/C12H9FN2O5/c13-8-4-2-1-3-7(8)5-14-10(18)11(19)15(12(14)20)6-9(16)17/h1-4H,5-6H2,(H,16,17)/p-1. The van der Waals surface area contributed by atoms with Gasteiger partial charge in [-0.05, 0) is 6.07 Å². The van der Waals surface area contributed by atoms with Gasteiger partial charge in [-0.25, -0.2) is 14.1 Å². The van der Waals surface area contributed by atoms with Gasteiger partial charge in [0.15, 0.2) is 0 Å². The minimum Gasteiger partial charge on any atom is -0.548 e. The van der Waals surface area contributed by atoms with Gasteiger partial charge in [0.05, 0.1) is 19.1 Å². The maximum Gasteiger partial charge on any atom is 0.334 e. The topological polar surface area (TPSA) is 97.8 Å². The molecule has 0 saturated carbocycles. The summed E-state index contributed by atoms with van der Waals surface area (Å²) < 4.78 is 13.4. The summed E-state index contributed by atoms with van der Waals surface area (Å²) in [4.78, 5) is 46.0. The van der Waals surface area contributed by atoms with E-state index in [-0.39, 0.29) is 10.5 Å². The van der Waals surface area contributed by atoms with Gasteiger partial charge in [0.25, 0.3) is 0 Å². The van der Waals surface area contributed by atoms with Gasteiger partial charge < -0.3 is 9.90 Å². The van der Waals surface area contributed by atoms with E-state index in [9.17, 15) is 28.7 Å². The Bertz CT molecular complexity index is 616. The third-order valence-corrected chi connectivity index (χ3v) is 2.71. The zero-order chi connectivity index (χ0) is 14.9. The fraction of sp³-hybridized carbons (Fsp3) is 0.167. The van der Waals surface area contributed by atoms with Crippen LogP contribution in [-0.4, -0.2) is 40.2 Å². The number of carboxylic acids is 1. The van der Waals surface area contributed by atoms with Gasteiger partial charge in [0.2, 0.25) is 0 Å². The number of aliphatic carboxylic acids is 1. The molecule has 1 saturated heterocycles. The third-order valence-electron chi connectivity index (χ3n) is 2.71. The van der Waals surface area contributed by atoms with Crippen molar-refractivity contribution in [1.29, 1.82) is 0 Å². The van der Waals surface area contributed by atoms with Crippen LogP contribution >= 0.6 is 0 Å². The zero-order valence-electron chi connectivity index (χ0n) is 10.0. The first-order valence-electron chi connectivity index (χ1n) is 5.52. The molecule has 0 bridgehead atoms. The van der Waals surface area contributed by atoms with Crippen molar-refractivity contribution in [2.45, 2.75) is 6.54 Å². The molecule has 7 nitrogen and oxygen atoms in total. The summed E-state index contributed by atoms with van der Waals surface area (Å²) >= 11 is 0. The van der Waals surface area contributed by atoms with Crippen LogP contribution in [0.15, 0.2) is 24.3 Å². The highest BCUT2D eigenvalue weighted by molar-refractivity contribution is 6.44. The minimum atomic E-state index is -1.67. The second kappa shape index (κ2) is 5.08. The van der Waals surface area contributed by atoms with Gasteiger partial charge in [0.1, 0.15) is 5.82 Å². The highest BCUT2D eigenvalue weighted by atomic mass is 19.1. The maximum atomic E-state index is 13.4. The van der Waals surface area contributed by atoms with Gasteiger partial charge >= 0.3 is 17.8 Å². The predicted molar refractivity (Wildman–Crippen MR) is 59.1 cm³/mol. The molecule has 0 N–H and O–H groups in total. The average Bonchev–Trinajstić information content (AvgIpc) is 2.58. The van der Waals surface area contributed by atoms with E-state index in [0.717, 1.165) is 6.07 Å². The summed E-state index contributed by atoms with van der Waals surface area (Å²) in [6.45, 7) is -1.46. The second-order valence-electron chi connectivity index (χ2n) is 4.03. The summed E-state index contributed by atoms with van der Waals surface area (Å²) in [7, 11) is 0. The molecule has 8 heteroatoms. The normalized spacial score (nSPS) is 15.2. The molecule has 2 rings (SSSR count). The Hall–Kier alpha value is -2.77. The van der Waals surface area contributed by atoms with Gasteiger partial charge in [-0.3, -0.25) is 14.5 Å². The van der Waals surface area contributed by atoms with Crippen molar-refractivity contribution in [3.05, 3.63) is 35.6 Å². The first-order chi connectivity index (χ1) is 9.41. The number of hydrogen-bond donors (Lipinski definition) is 0. The lowest BCUT2D eigenvalue weighted by Crippen LogP contribution is -2.42. The van der Waals surface area contributed by atoms with Crippen molar-refractivity contribution >= 4 is 23.8 Å². The number of carboxylic acid groups (broad SMARTS) is 1. The van der Waals surface area contributed by atoms with Crippen molar-refractivity contribution in [2.75, 3.05) is 6.54 Å². The Morgan fingerprint density at radius 2 is 1.70 bits per heavy atom. The summed E-state index contributed by atoms with van der Waals surface area (Å²) in [6.07, 6.45) is 0. The smallest absolute Gasteiger partial charge is 0.334 e. The number of halogens is 1. The van der Waals surface area contributed by atoms with Crippen LogP contribution in [0.4, 0.5) is 9.18 Å². The van der Waals surface area contributed by atoms with E-state index in [0.29, 0.717) is 4.90 Å². The van der Waals surface area contributed by atoms with E-state index in [1.807, 2.05) is 0 Å². The Labute approximate surface area is 112 Å². The Kier molecular flexibility index (Phi) is 3.47.